The van der Waals surface area contributed by atoms with Crippen molar-refractivity contribution in [2.24, 2.45) is 5.41 Å². The third kappa shape index (κ3) is 3.97. The summed E-state index contributed by atoms with van der Waals surface area (Å²) < 4.78 is 0. The van der Waals surface area contributed by atoms with Crippen molar-refractivity contribution in [3.8, 4) is 0 Å². The van der Waals surface area contributed by atoms with Crippen molar-refractivity contribution in [3.63, 3.8) is 0 Å². The lowest BCUT2D eigenvalue weighted by molar-refractivity contribution is 0.339. The molecule has 1 N–H and O–H groups in total. The Morgan fingerprint density at radius 1 is 1.26 bits per heavy atom. The van der Waals surface area contributed by atoms with Gasteiger partial charge in [0.05, 0.1) is 0 Å². The summed E-state index contributed by atoms with van der Waals surface area (Å²) >= 11 is 0. The summed E-state index contributed by atoms with van der Waals surface area (Å²) in [5.41, 5.74) is 3.29. The smallest absolute Gasteiger partial charge is 0.0398 e. The standard InChI is InChI=1S/C17H28N2/c1-4-11-18-13-17(2,3)14-19-12-7-9-15-8-5-6-10-16(15)19/h5-6,8,10,18H,4,7,9,11-14H2,1-3H3. The summed E-state index contributed by atoms with van der Waals surface area (Å²) in [4.78, 5) is 2.58. The second kappa shape index (κ2) is 6.42. The molecule has 2 heteroatoms. The van der Waals surface area contributed by atoms with Gasteiger partial charge in [-0.1, -0.05) is 39.0 Å². The van der Waals surface area contributed by atoms with E-state index in [9.17, 15) is 0 Å². The van der Waals surface area contributed by atoms with E-state index in [2.05, 4.69) is 55.3 Å². The number of rotatable bonds is 6. The lowest BCUT2D eigenvalue weighted by atomic mass is 9.90. The monoisotopic (exact) mass is 260 g/mol. The second-order valence-electron chi connectivity index (χ2n) is 6.49. The quantitative estimate of drug-likeness (QED) is 0.788. The Morgan fingerprint density at radius 2 is 2.05 bits per heavy atom. The zero-order valence-electron chi connectivity index (χ0n) is 12.7. The maximum absolute atomic E-state index is 3.56. The van der Waals surface area contributed by atoms with Gasteiger partial charge < -0.3 is 10.2 Å². The molecule has 0 saturated heterocycles. The average molecular weight is 260 g/mol. The fraction of sp³-hybridized carbons (Fsp3) is 0.647. The first-order valence-electron chi connectivity index (χ1n) is 7.66. The van der Waals surface area contributed by atoms with Gasteiger partial charge >= 0.3 is 0 Å². The minimum atomic E-state index is 0.319. The van der Waals surface area contributed by atoms with Crippen molar-refractivity contribution in [2.45, 2.75) is 40.0 Å². The van der Waals surface area contributed by atoms with Gasteiger partial charge in [-0.15, -0.1) is 0 Å². The molecule has 2 rings (SSSR count). The van der Waals surface area contributed by atoms with Crippen LogP contribution in [0.1, 0.15) is 39.2 Å². The van der Waals surface area contributed by atoms with Crippen LogP contribution in [0, 0.1) is 5.41 Å². The highest BCUT2D eigenvalue weighted by Crippen LogP contribution is 2.29. The van der Waals surface area contributed by atoms with E-state index in [1.807, 2.05) is 0 Å². The van der Waals surface area contributed by atoms with Crippen LogP contribution in [0.3, 0.4) is 0 Å². The van der Waals surface area contributed by atoms with Gasteiger partial charge in [0.1, 0.15) is 0 Å². The van der Waals surface area contributed by atoms with Gasteiger partial charge in [0.25, 0.3) is 0 Å². The number of hydrogen-bond donors (Lipinski definition) is 1. The molecule has 0 saturated carbocycles. The topological polar surface area (TPSA) is 15.3 Å². The summed E-state index contributed by atoms with van der Waals surface area (Å²) in [7, 11) is 0. The third-order valence-corrected chi connectivity index (χ3v) is 3.86. The molecule has 0 bridgehead atoms. The third-order valence-electron chi connectivity index (χ3n) is 3.86. The van der Waals surface area contributed by atoms with E-state index in [0.717, 1.165) is 19.6 Å². The lowest BCUT2D eigenvalue weighted by Gasteiger charge is -2.38. The molecule has 19 heavy (non-hydrogen) atoms. The van der Waals surface area contributed by atoms with E-state index in [0.29, 0.717) is 5.41 Å². The summed E-state index contributed by atoms with van der Waals surface area (Å²) in [5.74, 6) is 0. The highest BCUT2D eigenvalue weighted by Gasteiger charge is 2.24. The zero-order valence-corrected chi connectivity index (χ0v) is 12.7. The number of benzene rings is 1. The number of para-hydroxylation sites is 1. The van der Waals surface area contributed by atoms with Crippen LogP contribution < -0.4 is 10.2 Å². The molecule has 1 aliphatic heterocycles. The van der Waals surface area contributed by atoms with E-state index < -0.39 is 0 Å². The van der Waals surface area contributed by atoms with Crippen LogP contribution in [0.2, 0.25) is 0 Å². The number of hydrogen-bond acceptors (Lipinski definition) is 2. The Labute approximate surface area is 118 Å². The average Bonchev–Trinajstić information content (AvgIpc) is 2.39. The van der Waals surface area contributed by atoms with Gasteiger partial charge in [0.15, 0.2) is 0 Å². The maximum Gasteiger partial charge on any atom is 0.0398 e. The Kier molecular flexibility index (Phi) is 4.87. The number of nitrogens with zero attached hydrogens (tertiary/aromatic N) is 1. The lowest BCUT2D eigenvalue weighted by Crippen LogP contribution is -2.42. The normalized spacial score (nSPS) is 15.4. The van der Waals surface area contributed by atoms with Crippen molar-refractivity contribution >= 4 is 5.69 Å². The van der Waals surface area contributed by atoms with Crippen LogP contribution >= 0.6 is 0 Å². The molecular formula is C17H28N2. The van der Waals surface area contributed by atoms with Crippen LogP contribution in [0.5, 0.6) is 0 Å². The second-order valence-corrected chi connectivity index (χ2v) is 6.49. The van der Waals surface area contributed by atoms with Crippen molar-refractivity contribution in [1.82, 2.24) is 5.32 Å². The minimum absolute atomic E-state index is 0.319. The van der Waals surface area contributed by atoms with E-state index in [1.54, 1.807) is 0 Å². The molecule has 106 valence electrons. The van der Waals surface area contributed by atoms with Crippen LogP contribution in [0.15, 0.2) is 24.3 Å². The molecule has 0 unspecified atom stereocenters. The van der Waals surface area contributed by atoms with Gasteiger partial charge in [-0.3, -0.25) is 0 Å². The van der Waals surface area contributed by atoms with E-state index >= 15 is 0 Å². The highest BCUT2D eigenvalue weighted by molar-refractivity contribution is 5.55. The molecule has 0 radical (unpaired) electrons. The Bertz CT molecular complexity index is 398. The first-order chi connectivity index (χ1) is 9.12. The zero-order chi connectivity index (χ0) is 13.7. The largest absolute Gasteiger partial charge is 0.371 e. The van der Waals surface area contributed by atoms with Crippen LogP contribution in [0.25, 0.3) is 0 Å². The van der Waals surface area contributed by atoms with Crippen LogP contribution in [-0.4, -0.2) is 26.2 Å². The van der Waals surface area contributed by atoms with Crippen molar-refractivity contribution in [1.29, 1.82) is 0 Å². The van der Waals surface area contributed by atoms with Crippen molar-refractivity contribution in [2.75, 3.05) is 31.1 Å². The fourth-order valence-electron chi connectivity index (χ4n) is 2.95. The molecule has 1 aromatic rings. The molecule has 1 aromatic carbocycles. The molecule has 0 atom stereocenters. The molecular weight excluding hydrogens is 232 g/mol. The summed E-state index contributed by atoms with van der Waals surface area (Å²) in [6, 6.07) is 8.89. The Morgan fingerprint density at radius 3 is 2.84 bits per heavy atom. The highest BCUT2D eigenvalue weighted by atomic mass is 15.1. The SMILES string of the molecule is CCCNCC(C)(C)CN1CCCc2ccccc21. The molecule has 0 fully saturated rings. The molecule has 2 nitrogen and oxygen atoms in total. The summed E-state index contributed by atoms with van der Waals surface area (Å²) in [6.45, 7) is 11.5. The number of nitrogens with one attached hydrogen (secondary N) is 1. The first kappa shape index (κ1) is 14.4. The number of fused-ring (bicyclic) bond motifs is 1. The Balaban J connectivity index is 1.99. The number of anilines is 1. The van der Waals surface area contributed by atoms with E-state index in [1.165, 1.54) is 37.1 Å². The molecule has 1 aliphatic rings. The van der Waals surface area contributed by atoms with E-state index in [4.69, 9.17) is 0 Å². The van der Waals surface area contributed by atoms with Crippen molar-refractivity contribution < 1.29 is 0 Å². The van der Waals surface area contributed by atoms with Gasteiger partial charge in [-0.2, -0.15) is 0 Å². The molecule has 0 amide bonds. The molecule has 0 spiro atoms. The molecule has 0 aliphatic carbocycles. The first-order valence-corrected chi connectivity index (χ1v) is 7.66. The predicted molar refractivity (Wildman–Crippen MR) is 83.9 cm³/mol. The van der Waals surface area contributed by atoms with Gasteiger partial charge in [0, 0.05) is 25.3 Å². The predicted octanol–water partition coefficient (Wildman–Crippen LogP) is 3.47. The fourth-order valence-corrected chi connectivity index (χ4v) is 2.95. The van der Waals surface area contributed by atoms with Crippen LogP contribution in [-0.2, 0) is 6.42 Å². The molecule has 0 aromatic heterocycles. The van der Waals surface area contributed by atoms with Crippen LogP contribution in [0.4, 0.5) is 5.69 Å². The molecule has 1 heterocycles. The minimum Gasteiger partial charge on any atom is -0.371 e. The van der Waals surface area contributed by atoms with Gasteiger partial charge in [0.2, 0.25) is 0 Å². The number of aryl methyl sites for hydroxylation is 1. The van der Waals surface area contributed by atoms with Gasteiger partial charge in [-0.25, -0.2) is 0 Å². The Hall–Kier alpha value is -1.02. The van der Waals surface area contributed by atoms with Gasteiger partial charge in [-0.05, 0) is 42.9 Å². The summed E-state index contributed by atoms with van der Waals surface area (Å²) in [5, 5.41) is 3.56. The summed E-state index contributed by atoms with van der Waals surface area (Å²) in [6.07, 6.45) is 3.74. The van der Waals surface area contributed by atoms with E-state index in [-0.39, 0.29) is 0 Å². The maximum atomic E-state index is 3.56. The van der Waals surface area contributed by atoms with Crippen molar-refractivity contribution in [3.05, 3.63) is 29.8 Å².